The predicted molar refractivity (Wildman–Crippen MR) is 116 cm³/mol. The molecular formula is C22H28N2O8. The summed E-state index contributed by atoms with van der Waals surface area (Å²) in [7, 11) is 2.94. The van der Waals surface area contributed by atoms with E-state index in [1.807, 2.05) is 6.92 Å². The van der Waals surface area contributed by atoms with Crippen LogP contribution in [0.5, 0.6) is 11.5 Å². The van der Waals surface area contributed by atoms with E-state index in [1.54, 1.807) is 19.9 Å². The highest BCUT2D eigenvalue weighted by atomic mass is 16.5. The molecule has 174 valence electrons. The smallest absolute Gasteiger partial charge is 0.340 e. The van der Waals surface area contributed by atoms with Crippen molar-refractivity contribution < 1.29 is 33.4 Å². The fourth-order valence-corrected chi connectivity index (χ4v) is 3.23. The van der Waals surface area contributed by atoms with Gasteiger partial charge in [0, 0.05) is 11.5 Å². The van der Waals surface area contributed by atoms with E-state index in [-0.39, 0.29) is 17.9 Å². The summed E-state index contributed by atoms with van der Waals surface area (Å²) in [5.74, 6) is -1.78. The molecule has 1 aromatic carbocycles. The lowest BCUT2D eigenvalue weighted by Gasteiger charge is -2.20. The number of ether oxygens (including phenoxy) is 2. The molecule has 0 bridgehead atoms. The highest BCUT2D eigenvalue weighted by Gasteiger charge is 2.25. The van der Waals surface area contributed by atoms with E-state index in [1.165, 1.54) is 20.3 Å². The third-order valence-electron chi connectivity index (χ3n) is 5.37. The number of carboxylic acid groups (broad SMARTS) is 1. The van der Waals surface area contributed by atoms with Crippen LogP contribution in [0.2, 0.25) is 0 Å². The summed E-state index contributed by atoms with van der Waals surface area (Å²) in [6.07, 6.45) is 0.261. The second-order valence-corrected chi connectivity index (χ2v) is 7.42. The van der Waals surface area contributed by atoms with E-state index >= 15 is 0 Å². The Hall–Kier alpha value is -3.56. The van der Waals surface area contributed by atoms with Gasteiger partial charge >= 0.3 is 11.6 Å². The summed E-state index contributed by atoms with van der Waals surface area (Å²) in [6, 6.07) is 2.14. The maximum atomic E-state index is 12.4. The van der Waals surface area contributed by atoms with Gasteiger partial charge in [-0.25, -0.2) is 9.59 Å². The van der Waals surface area contributed by atoms with Gasteiger partial charge in [-0.15, -0.1) is 0 Å². The molecule has 2 atom stereocenters. The van der Waals surface area contributed by atoms with Gasteiger partial charge in [-0.1, -0.05) is 20.3 Å². The van der Waals surface area contributed by atoms with E-state index in [0.29, 0.717) is 34.5 Å². The molecule has 2 aromatic rings. The Morgan fingerprint density at radius 3 is 2.31 bits per heavy atom. The number of nitrogens with one attached hydrogen (secondary N) is 2. The zero-order chi connectivity index (χ0) is 24.0. The Morgan fingerprint density at radius 2 is 1.75 bits per heavy atom. The van der Waals surface area contributed by atoms with Crippen molar-refractivity contribution in [2.75, 3.05) is 20.8 Å². The largest absolute Gasteiger partial charge is 0.493 e. The molecule has 0 saturated heterocycles. The third-order valence-corrected chi connectivity index (χ3v) is 5.37. The molecular weight excluding hydrogens is 420 g/mol. The number of fused-ring (bicyclic) bond motifs is 1. The molecule has 0 radical (unpaired) electrons. The molecule has 2 amide bonds. The molecule has 3 N–H and O–H groups in total. The topological polar surface area (TPSA) is 144 Å². The number of rotatable bonds is 10. The van der Waals surface area contributed by atoms with E-state index in [9.17, 15) is 24.3 Å². The maximum absolute atomic E-state index is 12.4. The van der Waals surface area contributed by atoms with Crippen LogP contribution in [0.15, 0.2) is 21.3 Å². The minimum absolute atomic E-state index is 0.144. The van der Waals surface area contributed by atoms with E-state index in [4.69, 9.17) is 13.9 Å². The van der Waals surface area contributed by atoms with Crippen LogP contribution >= 0.6 is 0 Å². The first kappa shape index (κ1) is 24.7. The molecule has 0 aliphatic heterocycles. The van der Waals surface area contributed by atoms with Gasteiger partial charge in [-0.3, -0.25) is 9.59 Å². The van der Waals surface area contributed by atoms with Gasteiger partial charge in [0.25, 0.3) is 0 Å². The monoisotopic (exact) mass is 448 g/mol. The molecule has 0 aliphatic rings. The van der Waals surface area contributed by atoms with Gasteiger partial charge in [-0.2, -0.15) is 0 Å². The SMILES string of the molecule is CC[C@@H](C)[C@H](NC(=O)CNC(=O)Cc1c(C)c2cc(OC)c(OC)cc2oc1=O)C(=O)O. The normalized spacial score (nSPS) is 12.7. The quantitative estimate of drug-likeness (QED) is 0.463. The van der Waals surface area contributed by atoms with Crippen LogP contribution in [0.4, 0.5) is 0 Å². The molecule has 32 heavy (non-hydrogen) atoms. The number of benzene rings is 1. The first-order valence-electron chi connectivity index (χ1n) is 10.1. The fourth-order valence-electron chi connectivity index (χ4n) is 3.23. The van der Waals surface area contributed by atoms with Gasteiger partial charge in [-0.05, 0) is 24.5 Å². The molecule has 10 nitrogen and oxygen atoms in total. The van der Waals surface area contributed by atoms with Gasteiger partial charge in [0.15, 0.2) is 11.5 Å². The summed E-state index contributed by atoms with van der Waals surface area (Å²) in [6.45, 7) is 4.80. The average molecular weight is 448 g/mol. The zero-order valence-corrected chi connectivity index (χ0v) is 18.7. The minimum Gasteiger partial charge on any atom is -0.493 e. The lowest BCUT2D eigenvalue weighted by Crippen LogP contribution is -2.48. The van der Waals surface area contributed by atoms with Crippen LogP contribution in [-0.2, 0) is 20.8 Å². The van der Waals surface area contributed by atoms with E-state index < -0.39 is 36.0 Å². The molecule has 0 unspecified atom stereocenters. The lowest BCUT2D eigenvalue weighted by molar-refractivity contribution is -0.143. The number of amides is 2. The van der Waals surface area contributed by atoms with Gasteiger partial charge in [0.05, 0.1) is 32.7 Å². The van der Waals surface area contributed by atoms with Crippen LogP contribution in [0.25, 0.3) is 11.0 Å². The molecule has 0 fully saturated rings. The van der Waals surface area contributed by atoms with Crippen molar-refractivity contribution in [1.29, 1.82) is 0 Å². The van der Waals surface area contributed by atoms with Crippen molar-refractivity contribution in [2.24, 2.45) is 5.92 Å². The number of carbonyl (C=O) groups excluding carboxylic acids is 2. The van der Waals surface area contributed by atoms with Crippen molar-refractivity contribution in [3.8, 4) is 11.5 Å². The van der Waals surface area contributed by atoms with Crippen LogP contribution in [0.1, 0.15) is 31.4 Å². The van der Waals surface area contributed by atoms with Gasteiger partial charge in [0.2, 0.25) is 11.8 Å². The Kier molecular flexibility index (Phi) is 8.22. The number of aliphatic carboxylic acids is 1. The van der Waals surface area contributed by atoms with Crippen LogP contribution in [0.3, 0.4) is 0 Å². The molecule has 0 aliphatic carbocycles. The first-order valence-corrected chi connectivity index (χ1v) is 10.1. The van der Waals surface area contributed by atoms with Crippen molar-refractivity contribution in [2.45, 2.75) is 39.7 Å². The first-order chi connectivity index (χ1) is 15.1. The van der Waals surface area contributed by atoms with E-state index in [2.05, 4.69) is 10.6 Å². The summed E-state index contributed by atoms with van der Waals surface area (Å²) < 4.78 is 15.8. The number of hydrogen-bond donors (Lipinski definition) is 3. The van der Waals surface area contributed by atoms with Crippen molar-refractivity contribution in [3.63, 3.8) is 0 Å². The Morgan fingerprint density at radius 1 is 1.12 bits per heavy atom. The minimum atomic E-state index is -1.14. The number of hydrogen-bond acceptors (Lipinski definition) is 7. The highest BCUT2D eigenvalue weighted by Crippen LogP contribution is 2.33. The second-order valence-electron chi connectivity index (χ2n) is 7.42. The lowest BCUT2D eigenvalue weighted by atomic mass is 9.99. The summed E-state index contributed by atoms with van der Waals surface area (Å²) in [5.41, 5.74) is 0.299. The number of carbonyl (C=O) groups is 3. The standard InChI is InChI=1S/C22H28N2O8/c1-6-11(2)20(21(27)28)24-19(26)10-23-18(25)8-14-12(3)13-7-16(30-4)17(31-5)9-15(13)32-22(14)29/h7,9,11,20H,6,8,10H2,1-5H3,(H,23,25)(H,24,26)(H,27,28)/t11-,20+/m1/s1. The molecule has 0 spiro atoms. The third kappa shape index (κ3) is 5.57. The second kappa shape index (κ2) is 10.7. The number of methoxy groups -OCH3 is 2. The number of carboxylic acids is 1. The van der Waals surface area contributed by atoms with Crippen LogP contribution in [-0.4, -0.2) is 49.7 Å². The Bertz CT molecular complexity index is 1080. The van der Waals surface area contributed by atoms with Crippen molar-refractivity contribution in [1.82, 2.24) is 10.6 Å². The predicted octanol–water partition coefficient (Wildman–Crippen LogP) is 1.39. The van der Waals surface area contributed by atoms with Crippen LogP contribution < -0.4 is 25.7 Å². The summed E-state index contributed by atoms with van der Waals surface area (Å²) in [5, 5.41) is 14.6. The Balaban J connectivity index is 2.14. The average Bonchev–Trinajstić information content (AvgIpc) is 2.77. The fraction of sp³-hybridized carbons (Fsp3) is 0.455. The van der Waals surface area contributed by atoms with Crippen molar-refractivity contribution in [3.05, 3.63) is 33.7 Å². The molecule has 0 saturated carbocycles. The Labute approximate surface area is 184 Å². The summed E-state index contributed by atoms with van der Waals surface area (Å²) >= 11 is 0. The maximum Gasteiger partial charge on any atom is 0.340 e. The molecule has 1 heterocycles. The van der Waals surface area contributed by atoms with Crippen molar-refractivity contribution >= 4 is 28.8 Å². The van der Waals surface area contributed by atoms with Gasteiger partial charge < -0.3 is 29.6 Å². The van der Waals surface area contributed by atoms with E-state index in [0.717, 1.165) is 0 Å². The molecule has 1 aromatic heterocycles. The highest BCUT2D eigenvalue weighted by molar-refractivity contribution is 5.90. The zero-order valence-electron chi connectivity index (χ0n) is 18.7. The summed E-state index contributed by atoms with van der Waals surface area (Å²) in [4.78, 5) is 48.2. The number of aryl methyl sites for hydroxylation is 1. The molecule has 2 rings (SSSR count). The van der Waals surface area contributed by atoms with Crippen LogP contribution in [0, 0.1) is 12.8 Å². The molecule has 10 heteroatoms. The van der Waals surface area contributed by atoms with Gasteiger partial charge in [0.1, 0.15) is 11.6 Å².